The van der Waals surface area contributed by atoms with Crippen LogP contribution in [-0.4, -0.2) is 40.7 Å². The van der Waals surface area contributed by atoms with Crippen LogP contribution in [0.5, 0.6) is 11.6 Å². The summed E-state index contributed by atoms with van der Waals surface area (Å²) in [7, 11) is 1.34. The molecule has 0 unspecified atom stereocenters. The number of carbonyl (C=O) groups is 2. The Morgan fingerprint density at radius 1 is 1.32 bits per heavy atom. The van der Waals surface area contributed by atoms with E-state index in [2.05, 4.69) is 15.3 Å². The Hall–Kier alpha value is -2.91. The zero-order valence-corrected chi connectivity index (χ0v) is 16.8. The number of hydrogen-bond acceptors (Lipinski definition) is 7. The highest BCUT2D eigenvalue weighted by Gasteiger charge is 2.22. The molecule has 0 bridgehead atoms. The van der Waals surface area contributed by atoms with E-state index in [0.717, 1.165) is 0 Å². The highest BCUT2D eigenvalue weighted by Crippen LogP contribution is 2.36. The quantitative estimate of drug-likeness (QED) is 0.618. The van der Waals surface area contributed by atoms with Crippen molar-refractivity contribution < 1.29 is 24.2 Å². The Labute approximate surface area is 169 Å². The van der Waals surface area contributed by atoms with Gasteiger partial charge in [-0.2, -0.15) is 0 Å². The number of aromatic nitrogens is 2. The van der Waals surface area contributed by atoms with Gasteiger partial charge in [0.15, 0.2) is 0 Å². The van der Waals surface area contributed by atoms with Gasteiger partial charge in [0.1, 0.15) is 22.5 Å². The molecule has 0 aliphatic rings. The van der Waals surface area contributed by atoms with E-state index >= 15 is 0 Å². The van der Waals surface area contributed by atoms with Gasteiger partial charge in [0.2, 0.25) is 5.88 Å². The van der Waals surface area contributed by atoms with E-state index in [1.165, 1.54) is 36.9 Å². The highest BCUT2D eigenvalue weighted by molar-refractivity contribution is 7.20. The summed E-state index contributed by atoms with van der Waals surface area (Å²) in [5, 5.41) is 12.7. The van der Waals surface area contributed by atoms with Crippen LogP contribution in [0.1, 0.15) is 32.5 Å². The molecule has 0 saturated heterocycles. The van der Waals surface area contributed by atoms with Crippen molar-refractivity contribution in [2.24, 2.45) is 0 Å². The van der Waals surface area contributed by atoms with Crippen molar-refractivity contribution in [1.29, 1.82) is 0 Å². The van der Waals surface area contributed by atoms with Crippen molar-refractivity contribution >= 4 is 50.7 Å². The lowest BCUT2D eigenvalue weighted by molar-refractivity contribution is 0.0693. The van der Waals surface area contributed by atoms with Crippen molar-refractivity contribution in [3.8, 4) is 11.6 Å². The number of fused-ring (bicyclic) bond motifs is 1. The SMILES string of the molecule is CCOc1ncnc2sc(C(=O)Nc3cc(OC)c(C(=O)O)cc3Cl)c(C)c12. The number of benzene rings is 1. The zero-order valence-electron chi connectivity index (χ0n) is 15.2. The van der Waals surface area contributed by atoms with E-state index in [-0.39, 0.29) is 22.0 Å². The predicted octanol–water partition coefficient (Wildman–Crippen LogP) is 4.01. The summed E-state index contributed by atoms with van der Waals surface area (Å²) in [5.74, 6) is -1.08. The van der Waals surface area contributed by atoms with Crippen LogP contribution >= 0.6 is 22.9 Å². The lowest BCUT2D eigenvalue weighted by Crippen LogP contribution is -2.12. The smallest absolute Gasteiger partial charge is 0.339 e. The van der Waals surface area contributed by atoms with Crippen LogP contribution in [0.4, 0.5) is 5.69 Å². The molecule has 0 atom stereocenters. The number of halogens is 1. The highest BCUT2D eigenvalue weighted by atomic mass is 35.5. The lowest BCUT2D eigenvalue weighted by Gasteiger charge is -2.11. The normalized spacial score (nSPS) is 10.7. The van der Waals surface area contributed by atoms with Crippen LogP contribution in [0.3, 0.4) is 0 Å². The molecule has 1 aromatic carbocycles. The summed E-state index contributed by atoms with van der Waals surface area (Å²) >= 11 is 7.35. The number of rotatable bonds is 6. The zero-order chi connectivity index (χ0) is 20.4. The number of nitrogens with one attached hydrogen (secondary N) is 1. The molecule has 3 aromatic rings. The Morgan fingerprint density at radius 2 is 2.07 bits per heavy atom. The van der Waals surface area contributed by atoms with Crippen LogP contribution in [0.15, 0.2) is 18.5 Å². The Balaban J connectivity index is 1.99. The monoisotopic (exact) mass is 421 g/mol. The maximum absolute atomic E-state index is 12.8. The number of aryl methyl sites for hydroxylation is 1. The number of amides is 1. The average Bonchev–Trinajstić information content (AvgIpc) is 3.01. The first-order chi connectivity index (χ1) is 13.4. The molecule has 3 rings (SSSR count). The van der Waals surface area contributed by atoms with E-state index in [9.17, 15) is 14.7 Å². The largest absolute Gasteiger partial charge is 0.496 e. The minimum atomic E-state index is -1.18. The minimum Gasteiger partial charge on any atom is -0.496 e. The summed E-state index contributed by atoms with van der Waals surface area (Å²) in [4.78, 5) is 33.5. The maximum Gasteiger partial charge on any atom is 0.339 e. The van der Waals surface area contributed by atoms with Crippen LogP contribution < -0.4 is 14.8 Å². The van der Waals surface area contributed by atoms with Gasteiger partial charge in [-0.3, -0.25) is 4.79 Å². The molecule has 146 valence electrons. The van der Waals surface area contributed by atoms with Crippen molar-refractivity contribution in [3.63, 3.8) is 0 Å². The Bertz CT molecular complexity index is 1080. The fourth-order valence-electron chi connectivity index (χ4n) is 2.67. The predicted molar refractivity (Wildman–Crippen MR) is 106 cm³/mol. The summed E-state index contributed by atoms with van der Waals surface area (Å²) < 4.78 is 10.6. The third-order valence-electron chi connectivity index (χ3n) is 3.95. The number of carboxylic acid groups (broad SMARTS) is 1. The molecule has 28 heavy (non-hydrogen) atoms. The second-order valence-electron chi connectivity index (χ2n) is 5.64. The van der Waals surface area contributed by atoms with E-state index in [1.807, 2.05) is 6.92 Å². The number of carboxylic acids is 1. The molecule has 8 nitrogen and oxygen atoms in total. The van der Waals surface area contributed by atoms with Gasteiger partial charge in [0.05, 0.1) is 34.7 Å². The second-order valence-corrected chi connectivity index (χ2v) is 7.05. The maximum atomic E-state index is 12.8. The molecule has 0 fully saturated rings. The lowest BCUT2D eigenvalue weighted by atomic mass is 10.1. The van der Waals surface area contributed by atoms with Crippen molar-refractivity contribution in [1.82, 2.24) is 9.97 Å². The van der Waals surface area contributed by atoms with E-state index in [4.69, 9.17) is 21.1 Å². The Kier molecular flexibility index (Phi) is 5.66. The molecule has 2 heterocycles. The summed E-state index contributed by atoms with van der Waals surface area (Å²) in [6.07, 6.45) is 1.39. The van der Waals surface area contributed by atoms with Crippen LogP contribution in [0.2, 0.25) is 5.02 Å². The third kappa shape index (κ3) is 3.58. The summed E-state index contributed by atoms with van der Waals surface area (Å²) in [5.41, 5.74) is 0.827. The third-order valence-corrected chi connectivity index (χ3v) is 5.46. The fraction of sp³-hybridized carbons (Fsp3) is 0.222. The van der Waals surface area contributed by atoms with Gasteiger partial charge in [-0.15, -0.1) is 11.3 Å². The van der Waals surface area contributed by atoms with Gasteiger partial charge in [-0.25, -0.2) is 14.8 Å². The number of ether oxygens (including phenoxy) is 2. The first-order valence-corrected chi connectivity index (χ1v) is 9.35. The number of hydrogen-bond donors (Lipinski definition) is 2. The van der Waals surface area contributed by atoms with Crippen LogP contribution in [0.25, 0.3) is 10.2 Å². The van der Waals surface area contributed by atoms with Gasteiger partial charge in [0.25, 0.3) is 5.91 Å². The molecule has 0 aliphatic heterocycles. The van der Waals surface area contributed by atoms with E-state index in [1.54, 1.807) is 6.92 Å². The number of thiophene rings is 1. The molecular weight excluding hydrogens is 406 g/mol. The first kappa shape index (κ1) is 19.8. The van der Waals surface area contributed by atoms with Crippen molar-refractivity contribution in [2.75, 3.05) is 19.0 Å². The standard InChI is InChI=1S/C18H16ClN3O5S/c1-4-27-16-13-8(2)14(28-17(13)21-7-20-16)15(23)22-11-6-12(26-3)9(18(24)25)5-10(11)19/h5-7H,4H2,1-3H3,(H,22,23)(H,24,25). The van der Waals surface area contributed by atoms with Crippen LogP contribution in [-0.2, 0) is 0 Å². The van der Waals surface area contributed by atoms with Crippen molar-refractivity contribution in [2.45, 2.75) is 13.8 Å². The van der Waals surface area contributed by atoms with Gasteiger partial charge in [-0.05, 0) is 25.5 Å². The first-order valence-electron chi connectivity index (χ1n) is 8.16. The number of anilines is 1. The van der Waals surface area contributed by atoms with Gasteiger partial charge in [-0.1, -0.05) is 11.6 Å². The van der Waals surface area contributed by atoms with Gasteiger partial charge >= 0.3 is 5.97 Å². The Morgan fingerprint density at radius 3 is 2.71 bits per heavy atom. The molecule has 0 saturated carbocycles. The molecule has 0 radical (unpaired) electrons. The molecular formula is C18H16ClN3O5S. The minimum absolute atomic E-state index is 0.0834. The molecule has 1 amide bonds. The van der Waals surface area contributed by atoms with Gasteiger partial charge < -0.3 is 19.9 Å². The second kappa shape index (κ2) is 7.99. The van der Waals surface area contributed by atoms with Crippen molar-refractivity contribution in [3.05, 3.63) is 39.5 Å². The topological polar surface area (TPSA) is 111 Å². The summed E-state index contributed by atoms with van der Waals surface area (Å²) in [6.45, 7) is 4.07. The molecule has 0 spiro atoms. The van der Waals surface area contributed by atoms with E-state index < -0.39 is 11.9 Å². The van der Waals surface area contributed by atoms with E-state index in [0.29, 0.717) is 33.1 Å². The molecule has 10 heteroatoms. The number of nitrogens with zero attached hydrogens (tertiary/aromatic N) is 2. The molecule has 0 aliphatic carbocycles. The number of carbonyl (C=O) groups excluding carboxylic acids is 1. The number of methoxy groups -OCH3 is 1. The molecule has 2 aromatic heterocycles. The molecule has 2 N–H and O–H groups in total. The van der Waals surface area contributed by atoms with Crippen LogP contribution in [0, 0.1) is 6.92 Å². The number of aromatic carboxylic acids is 1. The fourth-order valence-corrected chi connectivity index (χ4v) is 3.91. The average molecular weight is 422 g/mol. The van der Waals surface area contributed by atoms with Gasteiger partial charge in [0, 0.05) is 6.07 Å². The summed E-state index contributed by atoms with van der Waals surface area (Å²) in [6, 6.07) is 2.60.